The third-order valence-electron chi connectivity index (χ3n) is 3.99. The van der Waals surface area contributed by atoms with Crippen molar-refractivity contribution in [2.45, 2.75) is 17.8 Å². The monoisotopic (exact) mass is 463 g/mol. The molecule has 3 aromatic rings. The van der Waals surface area contributed by atoms with Gasteiger partial charge in [-0.1, -0.05) is 17.7 Å². The number of hydrogen-bond acceptors (Lipinski definition) is 5. The average molecular weight is 464 g/mol. The number of imidazole rings is 1. The normalized spacial score (nSPS) is 12.5. The van der Waals surface area contributed by atoms with E-state index in [1.165, 1.54) is 19.2 Å². The molecule has 0 spiro atoms. The summed E-state index contributed by atoms with van der Waals surface area (Å²) in [7, 11) is -2.98. The van der Waals surface area contributed by atoms with E-state index in [-0.39, 0.29) is 23.4 Å². The summed E-state index contributed by atoms with van der Waals surface area (Å²) in [4.78, 5) is 17.8. The van der Waals surface area contributed by atoms with Crippen molar-refractivity contribution >= 4 is 38.6 Å². The smallest absolute Gasteiger partial charge is 0.478 e. The van der Waals surface area contributed by atoms with Crippen LogP contribution in [0, 0.1) is 0 Å². The minimum atomic E-state index is -4.95. The van der Waals surface area contributed by atoms with Crippen molar-refractivity contribution in [3.63, 3.8) is 0 Å². The largest absolute Gasteiger partial charge is 0.573 e. The number of rotatable bonds is 6. The molecule has 8 nitrogen and oxygen atoms in total. The molecule has 0 aliphatic rings. The van der Waals surface area contributed by atoms with Crippen LogP contribution in [0.1, 0.15) is 16.2 Å². The summed E-state index contributed by atoms with van der Waals surface area (Å²) in [6.45, 7) is -0.271. The Balaban J connectivity index is 1.88. The highest BCUT2D eigenvalue weighted by Gasteiger charge is 2.32. The maximum Gasteiger partial charge on any atom is 0.573 e. The molecule has 1 heterocycles. The molecular weight excluding hydrogens is 451 g/mol. The fourth-order valence-corrected chi connectivity index (χ4v) is 4.32. The summed E-state index contributed by atoms with van der Waals surface area (Å²) < 4.78 is 67.1. The predicted molar refractivity (Wildman–Crippen MR) is 99.8 cm³/mol. The number of sulfonamides is 1. The molecule has 0 amide bonds. The molecule has 0 radical (unpaired) electrons. The Morgan fingerprint density at radius 3 is 2.60 bits per heavy atom. The average Bonchev–Trinajstić information content (AvgIpc) is 3.02. The lowest BCUT2D eigenvalue weighted by atomic mass is 10.2. The van der Waals surface area contributed by atoms with Gasteiger partial charge in [-0.3, -0.25) is 0 Å². The van der Waals surface area contributed by atoms with E-state index in [2.05, 4.69) is 14.7 Å². The first-order valence-corrected chi connectivity index (χ1v) is 9.93. The lowest BCUT2D eigenvalue weighted by Gasteiger charge is -2.17. The van der Waals surface area contributed by atoms with Gasteiger partial charge in [0.05, 0.1) is 22.6 Å². The second-order valence-corrected chi connectivity index (χ2v) is 8.51. The molecule has 0 saturated carbocycles. The maximum absolute atomic E-state index is 12.8. The number of ether oxygens (including phenoxy) is 1. The van der Waals surface area contributed by atoms with Gasteiger partial charge in [0.1, 0.15) is 22.0 Å². The van der Waals surface area contributed by atoms with Crippen LogP contribution in [-0.4, -0.2) is 47.2 Å². The molecule has 3 rings (SSSR count). The van der Waals surface area contributed by atoms with Gasteiger partial charge in [-0.15, -0.1) is 13.2 Å². The number of carboxylic acids is 1. The summed E-state index contributed by atoms with van der Waals surface area (Å²) >= 11 is 5.87. The Labute approximate surface area is 172 Å². The summed E-state index contributed by atoms with van der Waals surface area (Å²) in [6.07, 6.45) is -4.95. The highest BCUT2D eigenvalue weighted by Crippen LogP contribution is 2.31. The number of aromatic nitrogens is 2. The van der Waals surface area contributed by atoms with Gasteiger partial charge >= 0.3 is 12.3 Å². The zero-order valence-corrected chi connectivity index (χ0v) is 16.6. The quantitative estimate of drug-likeness (QED) is 0.577. The van der Waals surface area contributed by atoms with E-state index >= 15 is 0 Å². The molecule has 0 aliphatic heterocycles. The van der Waals surface area contributed by atoms with Crippen LogP contribution in [0.15, 0.2) is 41.3 Å². The number of nitrogens with zero attached hydrogens (tertiary/aromatic N) is 2. The van der Waals surface area contributed by atoms with Crippen molar-refractivity contribution < 1.29 is 36.2 Å². The van der Waals surface area contributed by atoms with Crippen LogP contribution in [0.5, 0.6) is 5.75 Å². The van der Waals surface area contributed by atoms with Crippen molar-refractivity contribution in [2.75, 3.05) is 7.05 Å². The predicted octanol–water partition coefficient (Wildman–Crippen LogP) is 3.63. The lowest BCUT2D eigenvalue weighted by molar-refractivity contribution is -0.274. The minimum absolute atomic E-state index is 0.0520. The molecule has 30 heavy (non-hydrogen) atoms. The number of aromatic carboxylic acids is 1. The van der Waals surface area contributed by atoms with E-state index in [0.29, 0.717) is 5.52 Å². The fourth-order valence-electron chi connectivity index (χ4n) is 2.68. The van der Waals surface area contributed by atoms with E-state index in [0.717, 1.165) is 22.5 Å². The van der Waals surface area contributed by atoms with E-state index in [9.17, 15) is 31.5 Å². The second-order valence-electron chi connectivity index (χ2n) is 6.09. The highest BCUT2D eigenvalue weighted by molar-refractivity contribution is 7.89. The number of carbonyl (C=O) groups is 1. The number of halogens is 4. The van der Waals surface area contributed by atoms with Gasteiger partial charge in [-0.25, -0.2) is 18.2 Å². The van der Waals surface area contributed by atoms with Crippen LogP contribution in [0.3, 0.4) is 0 Å². The zero-order valence-electron chi connectivity index (χ0n) is 15.1. The molecule has 0 bridgehead atoms. The van der Waals surface area contributed by atoms with Gasteiger partial charge in [0.25, 0.3) is 0 Å². The SMILES string of the molecule is CN(Cc1nc2c(C(=O)O)cccc2[nH]1)S(=O)(=O)c1ccc(OC(F)(F)F)cc1Cl. The minimum Gasteiger partial charge on any atom is -0.478 e. The summed E-state index contributed by atoms with van der Waals surface area (Å²) in [5.74, 6) is -1.68. The Bertz CT molecular complexity index is 1230. The molecule has 0 atom stereocenters. The van der Waals surface area contributed by atoms with Crippen molar-refractivity contribution in [1.82, 2.24) is 14.3 Å². The van der Waals surface area contributed by atoms with Gasteiger partial charge in [-0.2, -0.15) is 4.31 Å². The Morgan fingerprint density at radius 1 is 1.30 bits per heavy atom. The van der Waals surface area contributed by atoms with E-state index in [4.69, 9.17) is 11.6 Å². The number of hydrogen-bond donors (Lipinski definition) is 2. The molecule has 0 saturated heterocycles. The number of para-hydroxylation sites is 1. The number of H-pyrrole nitrogens is 1. The molecule has 0 aliphatic carbocycles. The zero-order chi connectivity index (χ0) is 22.3. The first kappa shape index (κ1) is 21.9. The van der Waals surface area contributed by atoms with Crippen LogP contribution < -0.4 is 4.74 Å². The second kappa shape index (κ2) is 7.78. The van der Waals surface area contributed by atoms with Gasteiger partial charge in [-0.05, 0) is 24.3 Å². The van der Waals surface area contributed by atoms with Crippen LogP contribution >= 0.6 is 11.6 Å². The number of alkyl halides is 3. The van der Waals surface area contributed by atoms with Gasteiger partial charge in [0.2, 0.25) is 10.0 Å². The van der Waals surface area contributed by atoms with Crippen molar-refractivity contribution in [3.05, 3.63) is 52.8 Å². The van der Waals surface area contributed by atoms with E-state index in [1.54, 1.807) is 6.07 Å². The molecule has 13 heteroatoms. The van der Waals surface area contributed by atoms with Crippen LogP contribution in [-0.2, 0) is 16.6 Å². The molecule has 0 fully saturated rings. The van der Waals surface area contributed by atoms with Gasteiger partial charge < -0.3 is 14.8 Å². The summed E-state index contributed by atoms with van der Waals surface area (Å²) in [5, 5.41) is 8.76. The number of carboxylic acid groups (broad SMARTS) is 1. The Kier molecular flexibility index (Phi) is 5.67. The number of nitrogens with one attached hydrogen (secondary N) is 1. The van der Waals surface area contributed by atoms with Crippen molar-refractivity contribution in [2.24, 2.45) is 0 Å². The maximum atomic E-state index is 12.8. The third kappa shape index (κ3) is 4.50. The molecule has 160 valence electrons. The first-order valence-electron chi connectivity index (χ1n) is 8.11. The highest BCUT2D eigenvalue weighted by atomic mass is 35.5. The van der Waals surface area contributed by atoms with Gasteiger partial charge in [0.15, 0.2) is 0 Å². The standard InChI is InChI=1S/C17H13ClF3N3O5S/c1-24(8-14-22-12-4-2-3-10(16(25)26)15(12)23-14)30(27,28)13-6-5-9(7-11(13)18)29-17(19,20)21/h2-7H,8H2,1H3,(H,22,23)(H,25,26). The third-order valence-corrected chi connectivity index (χ3v) is 6.28. The Hall–Kier alpha value is -2.83. The fraction of sp³-hybridized carbons (Fsp3) is 0.176. The molecule has 0 unspecified atom stereocenters. The summed E-state index contributed by atoms with van der Waals surface area (Å²) in [6, 6.07) is 6.94. The van der Waals surface area contributed by atoms with E-state index < -0.39 is 38.0 Å². The van der Waals surface area contributed by atoms with E-state index in [1.807, 2.05) is 0 Å². The van der Waals surface area contributed by atoms with Crippen LogP contribution in [0.4, 0.5) is 13.2 Å². The van der Waals surface area contributed by atoms with Crippen LogP contribution in [0.25, 0.3) is 11.0 Å². The number of fused-ring (bicyclic) bond motifs is 1. The first-order chi connectivity index (χ1) is 13.9. The number of benzene rings is 2. The molecule has 2 aromatic carbocycles. The topological polar surface area (TPSA) is 113 Å². The molecule has 1 aromatic heterocycles. The van der Waals surface area contributed by atoms with Crippen molar-refractivity contribution in [3.8, 4) is 5.75 Å². The molecule has 2 N–H and O–H groups in total. The van der Waals surface area contributed by atoms with Crippen LogP contribution in [0.2, 0.25) is 5.02 Å². The number of aromatic amines is 1. The molecular formula is C17H13ClF3N3O5S. The lowest BCUT2D eigenvalue weighted by Crippen LogP contribution is -2.27. The van der Waals surface area contributed by atoms with Gasteiger partial charge in [0, 0.05) is 13.1 Å². The summed E-state index contributed by atoms with van der Waals surface area (Å²) in [5.41, 5.74) is 0.517. The Morgan fingerprint density at radius 2 is 2.00 bits per heavy atom. The van der Waals surface area contributed by atoms with Crippen molar-refractivity contribution in [1.29, 1.82) is 0 Å².